The largest absolute Gasteiger partial charge is 0.343 e. The maximum atomic E-state index is 12.6. The molecule has 0 saturated carbocycles. The Hall–Kier alpha value is -2.72. The molecule has 0 aliphatic heterocycles. The van der Waals surface area contributed by atoms with Gasteiger partial charge < -0.3 is 10.6 Å². The fourth-order valence-corrected chi connectivity index (χ4v) is 4.42. The molecule has 29 heavy (non-hydrogen) atoms. The average Bonchev–Trinajstić information content (AvgIpc) is 2.93. The number of carbonyl (C=O) groups is 2. The number of amides is 2. The lowest BCUT2D eigenvalue weighted by molar-refractivity contribution is -0.115. The highest BCUT2D eigenvalue weighted by Gasteiger charge is 2.22. The van der Waals surface area contributed by atoms with E-state index in [-0.39, 0.29) is 17.0 Å². The number of anilines is 1. The van der Waals surface area contributed by atoms with Gasteiger partial charge in [0.25, 0.3) is 5.91 Å². The standard InChI is InChI=1S/C19H27N5O4S/c1-6-24(7-2)29(27,28)16-10-8-9-15(11-16)19(26)20-12-17(25)21-18-13(3)22-23(5)14(18)4/h8-11H,6-7,12H2,1-5H3,(H,20,26)(H,21,25). The lowest BCUT2D eigenvalue weighted by Gasteiger charge is -2.18. The van der Waals surface area contributed by atoms with Gasteiger partial charge in [-0.2, -0.15) is 9.40 Å². The topological polar surface area (TPSA) is 113 Å². The SMILES string of the molecule is CCN(CC)S(=O)(=O)c1cccc(C(=O)NCC(=O)Nc2c(C)nn(C)c2C)c1. The summed E-state index contributed by atoms with van der Waals surface area (Å²) < 4.78 is 28.2. The van der Waals surface area contributed by atoms with Gasteiger partial charge in [0.15, 0.2) is 0 Å². The van der Waals surface area contributed by atoms with E-state index in [1.54, 1.807) is 32.5 Å². The Labute approximate surface area is 171 Å². The third kappa shape index (κ3) is 5.01. The van der Waals surface area contributed by atoms with E-state index in [2.05, 4.69) is 15.7 Å². The second-order valence-electron chi connectivity index (χ2n) is 6.52. The van der Waals surface area contributed by atoms with E-state index in [4.69, 9.17) is 0 Å². The van der Waals surface area contributed by atoms with Crippen LogP contribution in [0, 0.1) is 13.8 Å². The van der Waals surface area contributed by atoms with Crippen LogP contribution in [0.25, 0.3) is 0 Å². The molecule has 158 valence electrons. The summed E-state index contributed by atoms with van der Waals surface area (Å²) >= 11 is 0. The minimum Gasteiger partial charge on any atom is -0.343 e. The molecule has 0 fully saturated rings. The monoisotopic (exact) mass is 421 g/mol. The first kappa shape index (κ1) is 22.6. The first-order valence-electron chi connectivity index (χ1n) is 9.30. The highest BCUT2D eigenvalue weighted by molar-refractivity contribution is 7.89. The van der Waals surface area contributed by atoms with Crippen molar-refractivity contribution in [1.29, 1.82) is 0 Å². The molecule has 0 unspecified atom stereocenters. The van der Waals surface area contributed by atoms with Crippen LogP contribution < -0.4 is 10.6 Å². The number of carbonyl (C=O) groups excluding carboxylic acids is 2. The van der Waals surface area contributed by atoms with Crippen LogP contribution >= 0.6 is 0 Å². The number of nitrogens with one attached hydrogen (secondary N) is 2. The van der Waals surface area contributed by atoms with Gasteiger partial charge in [0.2, 0.25) is 15.9 Å². The van der Waals surface area contributed by atoms with Crippen LogP contribution in [0.4, 0.5) is 5.69 Å². The first-order chi connectivity index (χ1) is 13.6. The van der Waals surface area contributed by atoms with Crippen molar-refractivity contribution in [2.24, 2.45) is 7.05 Å². The van der Waals surface area contributed by atoms with E-state index in [0.717, 1.165) is 5.69 Å². The molecule has 2 N–H and O–H groups in total. The van der Waals surface area contributed by atoms with Crippen LogP contribution in [-0.2, 0) is 21.9 Å². The number of hydrogen-bond acceptors (Lipinski definition) is 5. The smallest absolute Gasteiger partial charge is 0.251 e. The van der Waals surface area contributed by atoms with Crippen molar-refractivity contribution in [3.8, 4) is 0 Å². The van der Waals surface area contributed by atoms with Crippen LogP contribution in [0.15, 0.2) is 29.2 Å². The van der Waals surface area contributed by atoms with Crippen molar-refractivity contribution in [1.82, 2.24) is 19.4 Å². The van der Waals surface area contributed by atoms with Crippen molar-refractivity contribution in [3.63, 3.8) is 0 Å². The van der Waals surface area contributed by atoms with Crippen LogP contribution in [0.1, 0.15) is 35.6 Å². The molecule has 2 amide bonds. The summed E-state index contributed by atoms with van der Waals surface area (Å²) in [4.78, 5) is 24.6. The number of nitrogens with zero attached hydrogens (tertiary/aromatic N) is 3. The third-order valence-electron chi connectivity index (χ3n) is 4.62. The van der Waals surface area contributed by atoms with Crippen molar-refractivity contribution >= 4 is 27.5 Å². The minimum absolute atomic E-state index is 0.0416. The Morgan fingerprint density at radius 2 is 1.83 bits per heavy atom. The number of aromatic nitrogens is 2. The molecule has 0 bridgehead atoms. The van der Waals surface area contributed by atoms with Gasteiger partial charge in [0, 0.05) is 25.7 Å². The van der Waals surface area contributed by atoms with Crippen LogP contribution in [0.3, 0.4) is 0 Å². The molecule has 1 heterocycles. The van der Waals surface area contributed by atoms with Crippen molar-refractivity contribution < 1.29 is 18.0 Å². The molecule has 2 aromatic rings. The fourth-order valence-electron chi connectivity index (χ4n) is 2.91. The number of aryl methyl sites for hydroxylation is 2. The summed E-state index contributed by atoms with van der Waals surface area (Å²) in [5.74, 6) is -0.930. The summed E-state index contributed by atoms with van der Waals surface area (Å²) in [6.45, 7) is 7.54. The molecule has 1 aromatic heterocycles. The Balaban J connectivity index is 2.07. The molecule has 9 nitrogen and oxygen atoms in total. The van der Waals surface area contributed by atoms with Gasteiger partial charge in [-0.05, 0) is 32.0 Å². The van der Waals surface area contributed by atoms with Crippen LogP contribution in [-0.4, -0.2) is 54.0 Å². The van der Waals surface area contributed by atoms with Gasteiger partial charge in [0.05, 0.1) is 28.5 Å². The highest BCUT2D eigenvalue weighted by Crippen LogP contribution is 2.18. The molecule has 10 heteroatoms. The zero-order valence-electron chi connectivity index (χ0n) is 17.3. The highest BCUT2D eigenvalue weighted by atomic mass is 32.2. The zero-order valence-corrected chi connectivity index (χ0v) is 18.1. The number of sulfonamides is 1. The summed E-state index contributed by atoms with van der Waals surface area (Å²) in [7, 11) is -1.89. The molecular formula is C19H27N5O4S. The van der Waals surface area contributed by atoms with E-state index >= 15 is 0 Å². The van der Waals surface area contributed by atoms with Crippen molar-refractivity contribution in [2.75, 3.05) is 25.0 Å². The fraction of sp³-hybridized carbons (Fsp3) is 0.421. The van der Waals surface area contributed by atoms with Gasteiger partial charge in [-0.25, -0.2) is 8.42 Å². The Morgan fingerprint density at radius 3 is 2.38 bits per heavy atom. The van der Waals surface area contributed by atoms with Crippen LogP contribution in [0.5, 0.6) is 0 Å². The zero-order chi connectivity index (χ0) is 21.8. The maximum Gasteiger partial charge on any atom is 0.251 e. The second kappa shape index (κ2) is 9.19. The van der Waals surface area contributed by atoms with E-state index in [1.165, 1.54) is 28.6 Å². The second-order valence-corrected chi connectivity index (χ2v) is 8.46. The third-order valence-corrected chi connectivity index (χ3v) is 6.67. The Kier molecular flexibility index (Phi) is 7.15. The summed E-state index contributed by atoms with van der Waals surface area (Å²) in [6, 6.07) is 5.78. The van der Waals surface area contributed by atoms with Gasteiger partial charge in [-0.3, -0.25) is 14.3 Å². The lowest BCUT2D eigenvalue weighted by atomic mass is 10.2. The predicted molar refractivity (Wildman–Crippen MR) is 110 cm³/mol. The number of rotatable bonds is 8. The summed E-state index contributed by atoms with van der Waals surface area (Å²) in [6.07, 6.45) is 0. The van der Waals surface area contributed by atoms with E-state index in [0.29, 0.717) is 24.5 Å². The molecule has 0 aliphatic carbocycles. The lowest BCUT2D eigenvalue weighted by Crippen LogP contribution is -2.33. The molecule has 2 rings (SSSR count). The average molecular weight is 422 g/mol. The predicted octanol–water partition coefficient (Wildman–Crippen LogP) is 1.44. The Bertz CT molecular complexity index is 1010. The molecule has 0 aliphatic rings. The van der Waals surface area contributed by atoms with Crippen molar-refractivity contribution in [2.45, 2.75) is 32.6 Å². The molecule has 1 aromatic carbocycles. The van der Waals surface area contributed by atoms with E-state index < -0.39 is 21.8 Å². The van der Waals surface area contributed by atoms with Crippen LogP contribution in [0.2, 0.25) is 0 Å². The molecular weight excluding hydrogens is 394 g/mol. The van der Waals surface area contributed by atoms with Gasteiger partial charge in [-0.15, -0.1) is 0 Å². The Morgan fingerprint density at radius 1 is 1.17 bits per heavy atom. The minimum atomic E-state index is -3.67. The summed E-state index contributed by atoms with van der Waals surface area (Å²) in [5, 5.41) is 9.47. The maximum absolute atomic E-state index is 12.6. The number of hydrogen-bond donors (Lipinski definition) is 2. The number of benzene rings is 1. The quantitative estimate of drug-likeness (QED) is 0.669. The molecule has 0 atom stereocenters. The normalized spacial score (nSPS) is 11.5. The molecule has 0 spiro atoms. The van der Waals surface area contributed by atoms with Gasteiger partial charge in [0.1, 0.15) is 0 Å². The molecule has 0 radical (unpaired) electrons. The molecule has 0 saturated heterocycles. The van der Waals surface area contributed by atoms with Gasteiger partial charge >= 0.3 is 0 Å². The van der Waals surface area contributed by atoms with Crippen molar-refractivity contribution in [3.05, 3.63) is 41.2 Å². The summed E-state index contributed by atoms with van der Waals surface area (Å²) in [5.41, 5.74) is 2.26. The van der Waals surface area contributed by atoms with Gasteiger partial charge in [-0.1, -0.05) is 19.9 Å². The van der Waals surface area contributed by atoms with E-state index in [9.17, 15) is 18.0 Å². The van der Waals surface area contributed by atoms with E-state index in [1.807, 2.05) is 6.92 Å². The first-order valence-corrected chi connectivity index (χ1v) is 10.7.